The Morgan fingerprint density at radius 2 is 1.81 bits per heavy atom. The largest absolute Gasteiger partial charge is 0.367 e. The average molecular weight is 519 g/mol. The number of anilines is 1. The van der Waals surface area contributed by atoms with Crippen LogP contribution in [0.5, 0.6) is 0 Å². The van der Waals surface area contributed by atoms with E-state index >= 15 is 4.39 Å². The van der Waals surface area contributed by atoms with Gasteiger partial charge in [0.05, 0.1) is 22.8 Å². The third-order valence-corrected chi connectivity index (χ3v) is 8.91. The van der Waals surface area contributed by atoms with Crippen molar-refractivity contribution in [1.82, 2.24) is 25.3 Å². The highest BCUT2D eigenvalue weighted by atomic mass is 35.5. The molecule has 1 aromatic carbocycles. The van der Waals surface area contributed by atoms with E-state index in [-0.39, 0.29) is 36.5 Å². The number of carbonyl (C=O) groups is 2. The first-order valence-electron chi connectivity index (χ1n) is 13.1. The molecule has 1 spiro atoms. The van der Waals surface area contributed by atoms with Crippen molar-refractivity contribution >= 4 is 40.8 Å². The number of fused-ring (bicyclic) bond motifs is 1. The Morgan fingerprint density at radius 1 is 1.08 bits per heavy atom. The molecule has 36 heavy (non-hydrogen) atoms. The number of piperazine rings is 1. The maximum absolute atomic E-state index is 15.3. The van der Waals surface area contributed by atoms with Crippen molar-refractivity contribution in [3.8, 4) is 0 Å². The molecule has 2 amide bonds. The Kier molecular flexibility index (Phi) is 7.00. The van der Waals surface area contributed by atoms with Crippen molar-refractivity contribution in [2.24, 2.45) is 18.4 Å². The molecular formula is C26H36ClFN6O2. The van der Waals surface area contributed by atoms with Crippen LogP contribution in [0.25, 0.3) is 10.9 Å². The highest BCUT2D eigenvalue weighted by Gasteiger charge is 2.40. The van der Waals surface area contributed by atoms with Gasteiger partial charge in [-0.05, 0) is 55.6 Å². The van der Waals surface area contributed by atoms with Crippen LogP contribution in [0.15, 0.2) is 12.1 Å². The Labute approximate surface area is 217 Å². The third-order valence-electron chi connectivity index (χ3n) is 8.91. The van der Waals surface area contributed by atoms with Gasteiger partial charge >= 0.3 is 0 Å². The molecule has 2 aromatic rings. The van der Waals surface area contributed by atoms with Gasteiger partial charge in [0.15, 0.2) is 0 Å². The van der Waals surface area contributed by atoms with Gasteiger partial charge in [0.25, 0.3) is 0 Å². The second-order valence-corrected chi connectivity index (χ2v) is 11.2. The van der Waals surface area contributed by atoms with Gasteiger partial charge in [-0.3, -0.25) is 24.5 Å². The van der Waals surface area contributed by atoms with Crippen LogP contribution in [-0.4, -0.2) is 72.3 Å². The lowest BCUT2D eigenvalue weighted by Crippen LogP contribution is -2.55. The van der Waals surface area contributed by atoms with Gasteiger partial charge in [-0.1, -0.05) is 0 Å². The molecule has 1 unspecified atom stereocenters. The number of hydrogen-bond acceptors (Lipinski definition) is 6. The summed E-state index contributed by atoms with van der Waals surface area (Å²) in [5.74, 6) is -0.623. The summed E-state index contributed by atoms with van der Waals surface area (Å²) in [4.78, 5) is 28.6. The zero-order valence-corrected chi connectivity index (χ0v) is 21.7. The topological polar surface area (TPSA) is 82.5 Å². The number of halogens is 2. The fourth-order valence-corrected chi connectivity index (χ4v) is 6.59. The van der Waals surface area contributed by atoms with Gasteiger partial charge in [-0.2, -0.15) is 5.10 Å². The lowest BCUT2D eigenvalue weighted by molar-refractivity contribution is -0.134. The molecule has 4 fully saturated rings. The second-order valence-electron chi connectivity index (χ2n) is 11.2. The molecule has 10 heteroatoms. The van der Waals surface area contributed by atoms with E-state index in [1.165, 1.54) is 44.8 Å². The van der Waals surface area contributed by atoms with Crippen LogP contribution >= 0.6 is 12.4 Å². The maximum Gasteiger partial charge on any atom is 0.235 e. The summed E-state index contributed by atoms with van der Waals surface area (Å²) in [5, 5.41) is 11.0. The smallest absolute Gasteiger partial charge is 0.235 e. The van der Waals surface area contributed by atoms with E-state index in [1.807, 2.05) is 13.1 Å². The number of aryl methyl sites for hydroxylation is 1. The monoisotopic (exact) mass is 518 g/mol. The fraction of sp³-hybridized carbons (Fsp3) is 0.654. The lowest BCUT2D eigenvalue weighted by atomic mass is 9.67. The molecule has 4 heterocycles. The van der Waals surface area contributed by atoms with E-state index in [4.69, 9.17) is 0 Å². The highest BCUT2D eigenvalue weighted by molar-refractivity contribution is 6.02. The van der Waals surface area contributed by atoms with Crippen molar-refractivity contribution in [2.45, 2.75) is 44.4 Å². The summed E-state index contributed by atoms with van der Waals surface area (Å²) in [7, 11) is 1.82. The zero-order chi connectivity index (χ0) is 24.2. The first kappa shape index (κ1) is 25.4. The number of nitrogens with one attached hydrogen (secondary N) is 2. The molecule has 8 nitrogen and oxygen atoms in total. The van der Waals surface area contributed by atoms with Crippen molar-refractivity contribution in [1.29, 1.82) is 0 Å². The predicted octanol–water partition coefficient (Wildman–Crippen LogP) is 2.56. The van der Waals surface area contributed by atoms with Crippen LogP contribution in [0, 0.1) is 17.2 Å². The molecular weight excluding hydrogens is 483 g/mol. The van der Waals surface area contributed by atoms with Crippen molar-refractivity contribution in [2.75, 3.05) is 50.7 Å². The summed E-state index contributed by atoms with van der Waals surface area (Å²) in [6.07, 6.45) is 6.08. The molecule has 1 atom stereocenters. The minimum absolute atomic E-state index is 0. The van der Waals surface area contributed by atoms with E-state index in [1.54, 1.807) is 4.68 Å². The van der Waals surface area contributed by atoms with Gasteiger partial charge < -0.3 is 10.2 Å². The Morgan fingerprint density at radius 3 is 2.44 bits per heavy atom. The van der Waals surface area contributed by atoms with E-state index in [0.717, 1.165) is 44.2 Å². The summed E-state index contributed by atoms with van der Waals surface area (Å²) in [6, 6.07) is 3.40. The predicted molar refractivity (Wildman–Crippen MR) is 139 cm³/mol. The number of hydrogen-bond donors (Lipinski definition) is 2. The van der Waals surface area contributed by atoms with Crippen molar-refractivity contribution in [3.63, 3.8) is 0 Å². The lowest BCUT2D eigenvalue weighted by Gasteiger charge is -2.48. The normalized spacial score (nSPS) is 25.1. The van der Waals surface area contributed by atoms with Crippen LogP contribution in [0.4, 0.5) is 10.1 Å². The number of amides is 2. The van der Waals surface area contributed by atoms with Crippen LogP contribution in [0.3, 0.4) is 0 Å². The molecule has 0 radical (unpaired) electrons. The first-order valence-corrected chi connectivity index (χ1v) is 13.1. The average Bonchev–Trinajstić information content (AvgIpc) is 3.13. The van der Waals surface area contributed by atoms with Crippen LogP contribution in [-0.2, 0) is 16.6 Å². The van der Waals surface area contributed by atoms with Gasteiger partial charge in [0.1, 0.15) is 5.82 Å². The molecule has 1 aromatic heterocycles. The van der Waals surface area contributed by atoms with Crippen LogP contribution in [0.1, 0.15) is 50.1 Å². The van der Waals surface area contributed by atoms with E-state index in [0.29, 0.717) is 28.6 Å². The van der Waals surface area contributed by atoms with Gasteiger partial charge in [0.2, 0.25) is 11.8 Å². The zero-order valence-electron chi connectivity index (χ0n) is 20.9. The third kappa shape index (κ3) is 4.61. The molecule has 1 saturated carbocycles. The number of piperidine rings is 1. The quantitative estimate of drug-likeness (QED) is 0.605. The van der Waals surface area contributed by atoms with Crippen LogP contribution < -0.4 is 15.5 Å². The van der Waals surface area contributed by atoms with Crippen LogP contribution in [0.2, 0.25) is 0 Å². The Balaban J connectivity index is 0.00000267. The number of nitrogens with zero attached hydrogens (tertiary/aromatic N) is 4. The molecule has 1 aliphatic carbocycles. The Bertz CT molecular complexity index is 1150. The summed E-state index contributed by atoms with van der Waals surface area (Å²) in [5.41, 5.74) is 2.57. The summed E-state index contributed by atoms with van der Waals surface area (Å²) in [6.45, 7) is 7.10. The fourth-order valence-electron chi connectivity index (χ4n) is 6.59. The van der Waals surface area contributed by atoms with E-state index < -0.39 is 5.92 Å². The maximum atomic E-state index is 15.3. The molecule has 0 bridgehead atoms. The minimum atomic E-state index is -0.527. The molecule has 196 valence electrons. The van der Waals surface area contributed by atoms with Gasteiger partial charge in [-0.15, -0.1) is 12.4 Å². The van der Waals surface area contributed by atoms with E-state index in [2.05, 4.69) is 25.5 Å². The second kappa shape index (κ2) is 9.91. The number of carbonyl (C=O) groups excluding carboxylic acids is 2. The molecule has 4 aliphatic rings. The Hall–Kier alpha value is -2.23. The highest BCUT2D eigenvalue weighted by Crippen LogP contribution is 2.42. The van der Waals surface area contributed by atoms with Gasteiger partial charge in [0, 0.05) is 64.7 Å². The molecule has 3 saturated heterocycles. The summed E-state index contributed by atoms with van der Waals surface area (Å²) < 4.78 is 17.1. The van der Waals surface area contributed by atoms with Crippen molar-refractivity contribution < 1.29 is 14.0 Å². The first-order chi connectivity index (χ1) is 16.9. The molecule has 6 rings (SSSR count). The van der Waals surface area contributed by atoms with E-state index in [9.17, 15) is 9.59 Å². The van der Waals surface area contributed by atoms with Crippen molar-refractivity contribution in [3.05, 3.63) is 23.6 Å². The number of aromatic nitrogens is 2. The van der Waals surface area contributed by atoms with Gasteiger partial charge in [-0.25, -0.2) is 4.39 Å². The number of rotatable bonds is 4. The standard InChI is InChI=1S/C26H35FN6O2.ClH/c1-31-21-13-22(20(27)12-19(21)24(30-31)18-2-3-23(34)29-25(18)35)33-10-8-32(9-11-33)14-17-4-6-26(7-5-17)15-28-16-26;/h12-13,17-18,28H,2-11,14-16H2,1H3,(H,29,34,35);1H. The summed E-state index contributed by atoms with van der Waals surface area (Å²) >= 11 is 0. The number of imide groups is 1. The molecule has 3 aliphatic heterocycles. The minimum Gasteiger partial charge on any atom is -0.367 e. The molecule has 2 N–H and O–H groups in total. The number of benzene rings is 1. The SMILES string of the molecule is Cl.Cn1nc(C2CCC(=O)NC2=O)c2cc(F)c(N3CCN(CC4CCC5(CC4)CNC5)CC3)cc21.